The fourth-order valence-electron chi connectivity index (χ4n) is 1.47. The molecular formula is C11H19O7PS. The third kappa shape index (κ3) is 3.85. The third-order valence-electron chi connectivity index (χ3n) is 2.50. The second-order valence-corrected chi connectivity index (χ2v) is 7.56. The molecular weight excluding hydrogens is 307 g/mol. The van der Waals surface area contributed by atoms with Crippen molar-refractivity contribution in [1.82, 2.24) is 0 Å². The Bertz CT molecular complexity index is 404. The maximum Gasteiger partial charge on any atom is 0.357 e. The lowest BCUT2D eigenvalue weighted by Gasteiger charge is -2.33. The van der Waals surface area contributed by atoms with Crippen molar-refractivity contribution in [3.05, 3.63) is 12.7 Å². The molecule has 0 rings (SSSR count). The third-order valence-corrected chi connectivity index (χ3v) is 6.97. The van der Waals surface area contributed by atoms with Gasteiger partial charge >= 0.3 is 19.5 Å². The first kappa shape index (κ1) is 19.2. The SMILES string of the molecule is C=CCC(SCC(=O)OC)(C(=O)OC)P(=O)(OC)OC. The van der Waals surface area contributed by atoms with Gasteiger partial charge in [0.05, 0.1) is 20.0 Å². The summed E-state index contributed by atoms with van der Waals surface area (Å²) in [6.45, 7) is 3.52. The summed E-state index contributed by atoms with van der Waals surface area (Å²) in [6.07, 6.45) is 1.33. The predicted molar refractivity (Wildman–Crippen MR) is 75.7 cm³/mol. The molecule has 0 saturated heterocycles. The number of thioether (sulfide) groups is 1. The first-order chi connectivity index (χ1) is 9.37. The van der Waals surface area contributed by atoms with Crippen LogP contribution in [0.2, 0.25) is 0 Å². The van der Waals surface area contributed by atoms with Crippen LogP contribution in [0.3, 0.4) is 0 Å². The van der Waals surface area contributed by atoms with Gasteiger partial charge in [-0.1, -0.05) is 6.08 Å². The summed E-state index contributed by atoms with van der Waals surface area (Å²) in [5.74, 6) is -1.61. The minimum atomic E-state index is -3.87. The molecule has 7 nitrogen and oxygen atoms in total. The number of ether oxygens (including phenoxy) is 2. The molecule has 0 fully saturated rings. The lowest BCUT2D eigenvalue weighted by Crippen LogP contribution is -2.38. The fourth-order valence-corrected chi connectivity index (χ4v) is 5.06. The molecule has 1 unspecified atom stereocenters. The Hall–Kier alpha value is -0.820. The Morgan fingerprint density at radius 2 is 1.75 bits per heavy atom. The van der Waals surface area contributed by atoms with Crippen molar-refractivity contribution < 1.29 is 32.7 Å². The molecule has 116 valence electrons. The van der Waals surface area contributed by atoms with Gasteiger partial charge in [-0.2, -0.15) is 0 Å². The average Bonchev–Trinajstić information content (AvgIpc) is 2.49. The summed E-state index contributed by atoms with van der Waals surface area (Å²) in [5.41, 5.74) is 0. The van der Waals surface area contributed by atoms with Crippen LogP contribution >= 0.6 is 19.4 Å². The molecule has 9 heteroatoms. The molecule has 0 aromatic carbocycles. The van der Waals surface area contributed by atoms with E-state index in [2.05, 4.69) is 11.3 Å². The molecule has 0 aromatic rings. The number of methoxy groups -OCH3 is 2. The van der Waals surface area contributed by atoms with Crippen molar-refractivity contribution in [3.8, 4) is 0 Å². The smallest absolute Gasteiger partial charge is 0.357 e. The number of allylic oxidation sites excluding steroid dienone is 1. The summed E-state index contributed by atoms with van der Waals surface area (Å²) in [5, 5.41) is 0. The van der Waals surface area contributed by atoms with Crippen LogP contribution < -0.4 is 0 Å². The lowest BCUT2D eigenvalue weighted by atomic mass is 10.3. The standard InChI is InChI=1S/C11H19O7PS/c1-6-7-11(10(13)16-3,19(14,17-4)18-5)20-8-9(12)15-2/h6H,1,7-8H2,2-5H3. The Labute approximate surface area is 122 Å². The van der Waals surface area contributed by atoms with Crippen LogP contribution in [0.15, 0.2) is 12.7 Å². The van der Waals surface area contributed by atoms with Gasteiger partial charge in [-0.3, -0.25) is 9.36 Å². The van der Waals surface area contributed by atoms with Crippen molar-refractivity contribution in [2.24, 2.45) is 0 Å². The van der Waals surface area contributed by atoms with Gasteiger partial charge in [0.25, 0.3) is 0 Å². The van der Waals surface area contributed by atoms with Gasteiger partial charge in [0, 0.05) is 20.6 Å². The van der Waals surface area contributed by atoms with Gasteiger partial charge in [-0.25, -0.2) is 4.79 Å². The van der Waals surface area contributed by atoms with Crippen LogP contribution in [0.1, 0.15) is 6.42 Å². The zero-order valence-electron chi connectivity index (χ0n) is 11.9. The van der Waals surface area contributed by atoms with Gasteiger partial charge < -0.3 is 18.5 Å². The number of carbonyl (C=O) groups excluding carboxylic acids is 2. The van der Waals surface area contributed by atoms with Gasteiger partial charge in [0.15, 0.2) is 0 Å². The molecule has 0 N–H and O–H groups in total. The summed E-state index contributed by atoms with van der Waals surface area (Å²) in [7, 11) is 0.802. The van der Waals surface area contributed by atoms with Gasteiger partial charge in [-0.05, 0) is 0 Å². The molecule has 1 atom stereocenters. The lowest BCUT2D eigenvalue weighted by molar-refractivity contribution is -0.141. The van der Waals surface area contributed by atoms with Gasteiger partial charge in [0.2, 0.25) is 4.49 Å². The van der Waals surface area contributed by atoms with E-state index in [1.807, 2.05) is 0 Å². The van der Waals surface area contributed by atoms with E-state index in [9.17, 15) is 14.2 Å². The quantitative estimate of drug-likeness (QED) is 0.360. The first-order valence-electron chi connectivity index (χ1n) is 5.49. The van der Waals surface area contributed by atoms with E-state index in [4.69, 9.17) is 13.8 Å². The molecule has 0 aliphatic heterocycles. The number of hydrogen-bond donors (Lipinski definition) is 0. The maximum absolute atomic E-state index is 12.7. The second-order valence-electron chi connectivity index (χ2n) is 3.50. The predicted octanol–water partition coefficient (Wildman–Crippen LogP) is 1.82. The van der Waals surface area contributed by atoms with Crippen molar-refractivity contribution in [3.63, 3.8) is 0 Å². The second kappa shape index (κ2) is 8.46. The van der Waals surface area contributed by atoms with Crippen molar-refractivity contribution in [1.29, 1.82) is 0 Å². The highest BCUT2D eigenvalue weighted by Gasteiger charge is 2.57. The Morgan fingerprint density at radius 1 is 1.20 bits per heavy atom. The summed E-state index contributed by atoms with van der Waals surface area (Å²) in [6, 6.07) is 0. The highest BCUT2D eigenvalue weighted by atomic mass is 32.2. The minimum Gasteiger partial charge on any atom is -0.468 e. The number of carbonyl (C=O) groups is 2. The monoisotopic (exact) mass is 326 g/mol. The van der Waals surface area contributed by atoms with E-state index in [1.165, 1.54) is 13.2 Å². The van der Waals surface area contributed by atoms with Crippen LogP contribution in [0.5, 0.6) is 0 Å². The molecule has 0 saturated carbocycles. The van der Waals surface area contributed by atoms with E-state index in [0.29, 0.717) is 0 Å². The molecule has 0 aliphatic rings. The summed E-state index contributed by atoms with van der Waals surface area (Å²) < 4.78 is 30.0. The van der Waals surface area contributed by atoms with Crippen LogP contribution in [0.25, 0.3) is 0 Å². The molecule has 0 radical (unpaired) electrons. The molecule has 20 heavy (non-hydrogen) atoms. The zero-order valence-corrected chi connectivity index (χ0v) is 13.6. The first-order valence-corrected chi connectivity index (χ1v) is 8.02. The highest BCUT2D eigenvalue weighted by Crippen LogP contribution is 2.66. The molecule has 0 spiro atoms. The van der Waals surface area contributed by atoms with Crippen LogP contribution in [0, 0.1) is 0 Å². The molecule has 0 heterocycles. The van der Waals surface area contributed by atoms with E-state index in [1.54, 1.807) is 0 Å². The Morgan fingerprint density at radius 3 is 2.10 bits per heavy atom. The number of hydrogen-bond acceptors (Lipinski definition) is 8. The fraction of sp³-hybridized carbons (Fsp3) is 0.636. The van der Waals surface area contributed by atoms with Crippen LogP contribution in [0.4, 0.5) is 0 Å². The van der Waals surface area contributed by atoms with Crippen molar-refractivity contribution >= 4 is 31.3 Å². The molecule has 0 bridgehead atoms. The maximum atomic E-state index is 12.7. The van der Waals surface area contributed by atoms with Crippen LogP contribution in [-0.2, 0) is 32.7 Å². The van der Waals surface area contributed by atoms with Gasteiger partial charge in [0.1, 0.15) is 0 Å². The van der Waals surface area contributed by atoms with E-state index >= 15 is 0 Å². The Kier molecular flexibility index (Phi) is 8.12. The van der Waals surface area contributed by atoms with Crippen LogP contribution in [-0.4, -0.2) is 50.6 Å². The Balaban J connectivity index is 5.69. The molecule has 0 amide bonds. The largest absolute Gasteiger partial charge is 0.468 e. The van der Waals surface area contributed by atoms with E-state index < -0.39 is 24.0 Å². The van der Waals surface area contributed by atoms with Crippen molar-refractivity contribution in [2.45, 2.75) is 10.9 Å². The number of esters is 2. The van der Waals surface area contributed by atoms with E-state index in [-0.39, 0.29) is 12.2 Å². The number of rotatable bonds is 9. The topological polar surface area (TPSA) is 88.1 Å². The minimum absolute atomic E-state index is 0.0553. The summed E-state index contributed by atoms with van der Waals surface area (Å²) in [4.78, 5) is 23.4. The normalized spacial score (nSPS) is 14.2. The van der Waals surface area contributed by atoms with E-state index in [0.717, 1.165) is 33.1 Å². The molecule has 0 aromatic heterocycles. The van der Waals surface area contributed by atoms with Gasteiger partial charge in [-0.15, -0.1) is 18.3 Å². The zero-order chi connectivity index (χ0) is 15.8. The average molecular weight is 326 g/mol. The highest BCUT2D eigenvalue weighted by molar-refractivity contribution is 8.08. The van der Waals surface area contributed by atoms with Crippen molar-refractivity contribution in [2.75, 3.05) is 34.2 Å². The molecule has 0 aliphatic carbocycles. The summed E-state index contributed by atoms with van der Waals surface area (Å²) >= 11 is 0.782.